The van der Waals surface area contributed by atoms with Crippen LogP contribution in [-0.2, 0) is 9.59 Å². The van der Waals surface area contributed by atoms with E-state index in [-0.39, 0.29) is 18.4 Å². The number of carbonyl (C=O) groups excluding carboxylic acids is 2. The number of unbranched alkanes of at least 4 members (excludes halogenated alkanes) is 1. The van der Waals surface area contributed by atoms with E-state index in [4.69, 9.17) is 9.47 Å². The molecule has 0 aromatic heterocycles. The number of nitrogens with one attached hydrogen (secondary N) is 2. The van der Waals surface area contributed by atoms with Gasteiger partial charge in [-0.1, -0.05) is 38.0 Å². The SMILES string of the molecule is CCCCC(NC(=O)C1COc2ccccc2O1)C(=O)Nc1cccc(N2CCCC2)c1. The van der Waals surface area contributed by atoms with Crippen LogP contribution in [0.4, 0.5) is 11.4 Å². The number of anilines is 2. The maximum Gasteiger partial charge on any atom is 0.265 e. The number of para-hydroxylation sites is 2. The van der Waals surface area contributed by atoms with Crippen molar-refractivity contribution in [1.82, 2.24) is 5.32 Å². The van der Waals surface area contributed by atoms with Crippen molar-refractivity contribution >= 4 is 23.2 Å². The molecule has 2 aliphatic heterocycles. The van der Waals surface area contributed by atoms with Crippen LogP contribution in [0.1, 0.15) is 39.0 Å². The van der Waals surface area contributed by atoms with Crippen molar-refractivity contribution in [3.8, 4) is 11.5 Å². The Balaban J connectivity index is 1.40. The number of rotatable bonds is 8. The van der Waals surface area contributed by atoms with Gasteiger partial charge in [0, 0.05) is 24.5 Å². The van der Waals surface area contributed by atoms with Crippen molar-refractivity contribution in [2.75, 3.05) is 29.9 Å². The lowest BCUT2D eigenvalue weighted by Gasteiger charge is -2.27. The van der Waals surface area contributed by atoms with Gasteiger partial charge in [0.1, 0.15) is 12.6 Å². The van der Waals surface area contributed by atoms with Crippen LogP contribution in [0.3, 0.4) is 0 Å². The minimum Gasteiger partial charge on any atom is -0.485 e. The summed E-state index contributed by atoms with van der Waals surface area (Å²) in [4.78, 5) is 28.2. The second kappa shape index (κ2) is 10.4. The van der Waals surface area contributed by atoms with Crippen molar-refractivity contribution in [1.29, 1.82) is 0 Å². The zero-order chi connectivity index (χ0) is 22.3. The topological polar surface area (TPSA) is 79.9 Å². The first-order chi connectivity index (χ1) is 15.6. The first kappa shape index (κ1) is 22.0. The third-order valence-electron chi connectivity index (χ3n) is 5.87. The molecule has 2 heterocycles. The minimum absolute atomic E-state index is 0.114. The van der Waals surface area contributed by atoms with Gasteiger partial charge in [-0.15, -0.1) is 0 Å². The highest BCUT2D eigenvalue weighted by molar-refractivity contribution is 5.98. The molecule has 2 aliphatic rings. The van der Waals surface area contributed by atoms with Gasteiger partial charge < -0.3 is 25.0 Å². The van der Waals surface area contributed by atoms with Gasteiger partial charge in [0.2, 0.25) is 12.0 Å². The number of amides is 2. The molecule has 2 unspecified atom stereocenters. The second-order valence-corrected chi connectivity index (χ2v) is 8.30. The first-order valence-electron chi connectivity index (χ1n) is 11.5. The zero-order valence-electron chi connectivity index (χ0n) is 18.5. The molecule has 0 bridgehead atoms. The Morgan fingerprint density at radius 3 is 2.66 bits per heavy atom. The predicted molar refractivity (Wildman–Crippen MR) is 124 cm³/mol. The van der Waals surface area contributed by atoms with Crippen LogP contribution >= 0.6 is 0 Å². The largest absolute Gasteiger partial charge is 0.485 e. The second-order valence-electron chi connectivity index (χ2n) is 8.30. The normalized spacial score (nSPS) is 18.2. The van der Waals surface area contributed by atoms with E-state index in [9.17, 15) is 9.59 Å². The fourth-order valence-corrected chi connectivity index (χ4v) is 4.08. The molecule has 2 aromatic carbocycles. The molecule has 7 heteroatoms. The Hall–Kier alpha value is -3.22. The van der Waals surface area contributed by atoms with Gasteiger partial charge in [0.15, 0.2) is 11.5 Å². The van der Waals surface area contributed by atoms with Crippen LogP contribution < -0.4 is 25.0 Å². The van der Waals surface area contributed by atoms with E-state index in [1.807, 2.05) is 30.3 Å². The highest BCUT2D eigenvalue weighted by atomic mass is 16.6. The smallest absolute Gasteiger partial charge is 0.265 e. The molecule has 0 spiro atoms. The fourth-order valence-electron chi connectivity index (χ4n) is 4.08. The summed E-state index contributed by atoms with van der Waals surface area (Å²) in [7, 11) is 0. The highest BCUT2D eigenvalue weighted by Gasteiger charge is 2.30. The number of nitrogens with zero attached hydrogens (tertiary/aromatic N) is 1. The summed E-state index contributed by atoms with van der Waals surface area (Å²) in [5.41, 5.74) is 1.85. The zero-order valence-corrected chi connectivity index (χ0v) is 18.5. The van der Waals surface area contributed by atoms with Gasteiger partial charge in [-0.2, -0.15) is 0 Å². The predicted octanol–water partition coefficient (Wildman–Crippen LogP) is 3.74. The molecule has 32 heavy (non-hydrogen) atoms. The van der Waals surface area contributed by atoms with Crippen LogP contribution in [0.5, 0.6) is 11.5 Å². The molecule has 1 fully saturated rings. The van der Waals surface area contributed by atoms with E-state index in [1.54, 1.807) is 12.1 Å². The number of hydrogen-bond acceptors (Lipinski definition) is 5. The maximum atomic E-state index is 13.1. The monoisotopic (exact) mass is 437 g/mol. The lowest BCUT2D eigenvalue weighted by molar-refractivity contribution is -0.133. The van der Waals surface area contributed by atoms with E-state index >= 15 is 0 Å². The average Bonchev–Trinajstić information content (AvgIpc) is 3.36. The molecule has 2 atom stereocenters. The third kappa shape index (κ3) is 5.33. The van der Waals surface area contributed by atoms with E-state index in [0.29, 0.717) is 17.9 Å². The molecular weight excluding hydrogens is 406 g/mol. The molecule has 7 nitrogen and oxygen atoms in total. The van der Waals surface area contributed by atoms with Gasteiger partial charge in [-0.05, 0) is 49.6 Å². The van der Waals surface area contributed by atoms with Crippen molar-refractivity contribution in [2.45, 2.75) is 51.2 Å². The molecule has 170 valence electrons. The Kier molecular flexibility index (Phi) is 7.14. The van der Waals surface area contributed by atoms with Crippen LogP contribution in [0.25, 0.3) is 0 Å². The minimum atomic E-state index is -0.791. The molecule has 2 N–H and O–H groups in total. The quantitative estimate of drug-likeness (QED) is 0.658. The van der Waals surface area contributed by atoms with Gasteiger partial charge >= 0.3 is 0 Å². The Morgan fingerprint density at radius 2 is 1.88 bits per heavy atom. The molecule has 1 saturated heterocycles. The van der Waals surface area contributed by atoms with Crippen LogP contribution in [0.2, 0.25) is 0 Å². The lowest BCUT2D eigenvalue weighted by Crippen LogP contribution is -2.51. The number of ether oxygens (including phenoxy) is 2. The molecule has 2 aromatic rings. The summed E-state index contributed by atoms with van der Waals surface area (Å²) in [6.45, 7) is 4.26. The summed E-state index contributed by atoms with van der Waals surface area (Å²) in [5.74, 6) is 0.589. The maximum absolute atomic E-state index is 13.1. The molecule has 4 rings (SSSR count). The van der Waals surface area contributed by atoms with Gasteiger partial charge in [0.05, 0.1) is 0 Å². The standard InChI is InChI=1S/C25H31N3O4/c1-2-3-11-20(27-25(30)23-17-31-21-12-4-5-13-22(21)32-23)24(29)26-18-9-8-10-19(16-18)28-14-6-7-15-28/h4-5,8-10,12-13,16,20,23H,2-3,6-7,11,14-15,17H2,1H3,(H,26,29)(H,27,30). The van der Waals surface area contributed by atoms with E-state index < -0.39 is 12.1 Å². The molecule has 0 saturated carbocycles. The van der Waals surface area contributed by atoms with Gasteiger partial charge in [0.25, 0.3) is 5.91 Å². The summed E-state index contributed by atoms with van der Waals surface area (Å²) >= 11 is 0. The summed E-state index contributed by atoms with van der Waals surface area (Å²) in [6, 6.07) is 14.5. The number of carbonyl (C=O) groups is 2. The van der Waals surface area contributed by atoms with Gasteiger partial charge in [-0.25, -0.2) is 0 Å². The number of benzene rings is 2. The van der Waals surface area contributed by atoms with E-state index in [2.05, 4.69) is 28.5 Å². The van der Waals surface area contributed by atoms with Crippen molar-refractivity contribution in [2.24, 2.45) is 0 Å². The average molecular weight is 438 g/mol. The Labute approximate surface area is 189 Å². The molecule has 0 aliphatic carbocycles. The van der Waals surface area contributed by atoms with Gasteiger partial charge in [-0.3, -0.25) is 9.59 Å². The lowest BCUT2D eigenvalue weighted by atomic mass is 10.1. The summed E-state index contributed by atoms with van der Waals surface area (Å²) < 4.78 is 11.4. The fraction of sp³-hybridized carbons (Fsp3) is 0.440. The van der Waals surface area contributed by atoms with Crippen molar-refractivity contribution in [3.05, 3.63) is 48.5 Å². The molecule has 2 amide bonds. The van der Waals surface area contributed by atoms with Crippen LogP contribution in [0.15, 0.2) is 48.5 Å². The first-order valence-corrected chi connectivity index (χ1v) is 11.5. The number of fused-ring (bicyclic) bond motifs is 1. The summed E-state index contributed by atoms with van der Waals surface area (Å²) in [5, 5.41) is 5.86. The molecule has 0 radical (unpaired) electrons. The van der Waals surface area contributed by atoms with E-state index in [1.165, 1.54) is 12.8 Å². The van der Waals surface area contributed by atoms with Crippen LogP contribution in [-0.4, -0.2) is 43.7 Å². The van der Waals surface area contributed by atoms with E-state index in [0.717, 1.165) is 37.3 Å². The van der Waals surface area contributed by atoms with Crippen molar-refractivity contribution < 1.29 is 19.1 Å². The Morgan fingerprint density at radius 1 is 1.09 bits per heavy atom. The van der Waals surface area contributed by atoms with Crippen LogP contribution in [0, 0.1) is 0 Å². The highest BCUT2D eigenvalue weighted by Crippen LogP contribution is 2.31. The molecular formula is C25H31N3O4. The third-order valence-corrected chi connectivity index (χ3v) is 5.87. The Bertz CT molecular complexity index is 942. The number of hydrogen-bond donors (Lipinski definition) is 2. The van der Waals surface area contributed by atoms with Crippen molar-refractivity contribution in [3.63, 3.8) is 0 Å². The summed E-state index contributed by atoms with van der Waals surface area (Å²) in [6.07, 6.45) is 3.92.